The summed E-state index contributed by atoms with van der Waals surface area (Å²) in [7, 11) is 0.462. The van der Waals surface area contributed by atoms with Crippen LogP contribution in [-0.4, -0.2) is 32.8 Å². The Morgan fingerprint density at radius 2 is 2.24 bits per heavy atom. The van der Waals surface area contributed by atoms with Gasteiger partial charge in [-0.15, -0.1) is 0 Å². The lowest BCUT2D eigenvalue weighted by molar-refractivity contribution is 0.0916. The predicted octanol–water partition coefficient (Wildman–Crippen LogP) is 2.14. The van der Waals surface area contributed by atoms with E-state index in [4.69, 9.17) is 9.26 Å². The average Bonchev–Trinajstić information content (AvgIpc) is 2.71. The summed E-state index contributed by atoms with van der Waals surface area (Å²) in [5.74, 6) is 0.267. The van der Waals surface area contributed by atoms with Crippen LogP contribution >= 0.6 is 0 Å². The topological polar surface area (TPSA) is 64.4 Å². The smallest absolute Gasteiger partial charge is 0.290 e. The molecule has 0 spiro atoms. The van der Waals surface area contributed by atoms with Crippen LogP contribution in [0.15, 0.2) is 10.6 Å². The molecule has 0 radical (unpaired) electrons. The van der Waals surface area contributed by atoms with Crippen molar-refractivity contribution >= 4 is 14.0 Å². The molecule has 0 unspecified atom stereocenters. The van der Waals surface area contributed by atoms with Gasteiger partial charge in [0.2, 0.25) is 5.76 Å². The summed E-state index contributed by atoms with van der Waals surface area (Å²) in [6.07, 6.45) is 1.01. The van der Waals surface area contributed by atoms with Gasteiger partial charge in [0.05, 0.1) is 13.2 Å². The number of methoxy groups -OCH3 is 1. The summed E-state index contributed by atoms with van der Waals surface area (Å²) in [4.78, 5) is 11.6. The second kappa shape index (κ2) is 5.86. The Hall–Kier alpha value is -1.30. The molecule has 1 rings (SSSR count). The molecule has 0 aliphatic heterocycles. The number of nitrogens with one attached hydrogen (secondary N) is 1. The van der Waals surface area contributed by atoms with Crippen molar-refractivity contribution in [3.8, 4) is 5.88 Å². The quantitative estimate of drug-likeness (QED) is 0.625. The second-order valence-electron chi connectivity index (χ2n) is 5.15. The van der Waals surface area contributed by atoms with E-state index in [1.54, 1.807) is 0 Å². The monoisotopic (exact) mass is 256 g/mol. The molecule has 1 aromatic rings. The maximum Gasteiger partial charge on any atom is 0.290 e. The van der Waals surface area contributed by atoms with E-state index in [2.05, 4.69) is 30.1 Å². The Balaban J connectivity index is 2.30. The highest BCUT2D eigenvalue weighted by atomic mass is 28.3. The normalized spacial score (nSPS) is 11.3. The van der Waals surface area contributed by atoms with Gasteiger partial charge in [0, 0.05) is 14.6 Å². The van der Waals surface area contributed by atoms with Crippen LogP contribution in [0.4, 0.5) is 0 Å². The Morgan fingerprint density at radius 3 is 2.76 bits per heavy atom. The summed E-state index contributed by atoms with van der Waals surface area (Å²) in [6, 6.07) is 2.68. The Labute approximate surface area is 103 Å². The third-order valence-corrected chi connectivity index (χ3v) is 4.16. The van der Waals surface area contributed by atoms with Gasteiger partial charge in [0.15, 0.2) is 0 Å². The molecule has 6 heteroatoms. The van der Waals surface area contributed by atoms with Crippen LogP contribution in [-0.2, 0) is 0 Å². The number of aromatic nitrogens is 1. The summed E-state index contributed by atoms with van der Waals surface area (Å²) in [6.45, 7) is 7.62. The molecule has 0 aliphatic rings. The van der Waals surface area contributed by atoms with E-state index >= 15 is 0 Å². The maximum atomic E-state index is 11.6. The third-order valence-electron chi connectivity index (χ3n) is 2.31. The van der Waals surface area contributed by atoms with Crippen molar-refractivity contribution in [3.63, 3.8) is 0 Å². The highest BCUT2D eigenvalue weighted by Crippen LogP contribution is 2.11. The third kappa shape index (κ3) is 5.03. The lowest BCUT2D eigenvalue weighted by Crippen LogP contribution is -2.27. The fourth-order valence-electron chi connectivity index (χ4n) is 1.37. The number of amides is 1. The number of hydrogen-bond donors (Lipinski definition) is 1. The lowest BCUT2D eigenvalue weighted by Gasteiger charge is -2.14. The number of nitrogens with zero attached hydrogens (tertiary/aromatic N) is 1. The molecule has 1 aromatic heterocycles. The number of rotatable bonds is 6. The summed E-state index contributed by atoms with van der Waals surface area (Å²) in [5.41, 5.74) is 0. The van der Waals surface area contributed by atoms with Crippen molar-refractivity contribution in [2.24, 2.45) is 0 Å². The van der Waals surface area contributed by atoms with Crippen molar-refractivity contribution in [1.29, 1.82) is 0 Å². The zero-order valence-electron chi connectivity index (χ0n) is 10.9. The number of carbonyl (C=O) groups excluding carboxylic acids is 1. The van der Waals surface area contributed by atoms with Crippen LogP contribution in [0.3, 0.4) is 0 Å². The van der Waals surface area contributed by atoms with E-state index < -0.39 is 8.07 Å². The zero-order chi connectivity index (χ0) is 12.9. The van der Waals surface area contributed by atoms with E-state index in [-0.39, 0.29) is 11.7 Å². The Morgan fingerprint density at radius 1 is 1.53 bits per heavy atom. The first kappa shape index (κ1) is 13.8. The summed E-state index contributed by atoms with van der Waals surface area (Å²) in [5, 5.41) is 6.37. The van der Waals surface area contributed by atoms with Gasteiger partial charge in [-0.3, -0.25) is 4.79 Å². The van der Waals surface area contributed by atoms with Gasteiger partial charge >= 0.3 is 0 Å². The van der Waals surface area contributed by atoms with E-state index in [1.165, 1.54) is 19.2 Å². The molecule has 17 heavy (non-hydrogen) atoms. The SMILES string of the molecule is COc1cc(C(=O)NCCC[Si](C)(C)C)on1. The standard InChI is InChI=1S/C11H20N2O3Si/c1-15-10-8-9(16-13-10)11(14)12-6-5-7-17(2,3)4/h8H,5-7H2,1-4H3,(H,12,14). The summed E-state index contributed by atoms with van der Waals surface area (Å²) >= 11 is 0. The Kier molecular flexibility index (Phi) is 4.74. The van der Waals surface area contributed by atoms with Crippen molar-refractivity contribution in [2.75, 3.05) is 13.7 Å². The van der Waals surface area contributed by atoms with Crippen LogP contribution in [0.5, 0.6) is 5.88 Å². The molecule has 96 valence electrons. The van der Waals surface area contributed by atoms with E-state index in [9.17, 15) is 4.79 Å². The fourth-order valence-corrected chi connectivity index (χ4v) is 2.61. The van der Waals surface area contributed by atoms with E-state index in [1.807, 2.05) is 0 Å². The molecule has 0 aromatic carbocycles. The molecular weight excluding hydrogens is 236 g/mol. The fraction of sp³-hybridized carbons (Fsp3) is 0.636. The minimum absolute atomic E-state index is 0.190. The number of hydrogen-bond acceptors (Lipinski definition) is 4. The molecule has 1 heterocycles. The Bertz CT molecular complexity index is 371. The average molecular weight is 256 g/mol. The van der Waals surface area contributed by atoms with Crippen LogP contribution in [0.25, 0.3) is 0 Å². The van der Waals surface area contributed by atoms with Crippen LogP contribution in [0, 0.1) is 0 Å². The predicted molar refractivity (Wildman–Crippen MR) is 68.2 cm³/mol. The van der Waals surface area contributed by atoms with Gasteiger partial charge in [-0.2, -0.15) is 0 Å². The van der Waals surface area contributed by atoms with Crippen molar-refractivity contribution < 1.29 is 14.1 Å². The number of carbonyl (C=O) groups is 1. The molecule has 0 saturated heterocycles. The maximum absolute atomic E-state index is 11.6. The van der Waals surface area contributed by atoms with Crippen LogP contribution in [0.2, 0.25) is 25.7 Å². The van der Waals surface area contributed by atoms with Gasteiger partial charge in [-0.25, -0.2) is 0 Å². The molecular formula is C11H20N2O3Si. The minimum Gasteiger partial charge on any atom is -0.479 e. The van der Waals surface area contributed by atoms with Crippen molar-refractivity contribution in [1.82, 2.24) is 10.5 Å². The summed E-state index contributed by atoms with van der Waals surface area (Å²) < 4.78 is 9.67. The zero-order valence-corrected chi connectivity index (χ0v) is 11.9. The molecule has 0 fully saturated rings. The first-order valence-corrected chi connectivity index (χ1v) is 9.42. The molecule has 0 aliphatic carbocycles. The highest BCUT2D eigenvalue weighted by molar-refractivity contribution is 6.76. The molecule has 0 atom stereocenters. The molecule has 5 nitrogen and oxygen atoms in total. The van der Waals surface area contributed by atoms with Gasteiger partial charge in [0.25, 0.3) is 11.8 Å². The molecule has 1 amide bonds. The number of ether oxygens (including phenoxy) is 1. The lowest BCUT2D eigenvalue weighted by atomic mass is 10.4. The van der Waals surface area contributed by atoms with Gasteiger partial charge in [-0.05, 0) is 11.6 Å². The molecule has 0 saturated carbocycles. The van der Waals surface area contributed by atoms with E-state index in [0.29, 0.717) is 12.4 Å². The van der Waals surface area contributed by atoms with Gasteiger partial charge in [0.1, 0.15) is 0 Å². The van der Waals surface area contributed by atoms with Crippen LogP contribution < -0.4 is 10.1 Å². The molecule has 1 N–H and O–H groups in total. The van der Waals surface area contributed by atoms with Crippen LogP contribution in [0.1, 0.15) is 17.0 Å². The van der Waals surface area contributed by atoms with Crippen molar-refractivity contribution in [2.45, 2.75) is 32.1 Å². The second-order valence-corrected chi connectivity index (χ2v) is 10.8. The first-order valence-electron chi connectivity index (χ1n) is 5.71. The largest absolute Gasteiger partial charge is 0.479 e. The minimum atomic E-state index is -1.02. The van der Waals surface area contributed by atoms with Crippen molar-refractivity contribution in [3.05, 3.63) is 11.8 Å². The van der Waals surface area contributed by atoms with E-state index in [0.717, 1.165) is 6.42 Å². The first-order chi connectivity index (χ1) is 7.92. The van der Waals surface area contributed by atoms with Gasteiger partial charge < -0.3 is 14.6 Å². The highest BCUT2D eigenvalue weighted by Gasteiger charge is 2.14. The molecule has 0 bridgehead atoms. The van der Waals surface area contributed by atoms with Gasteiger partial charge in [-0.1, -0.05) is 25.7 Å².